The molecule has 2 unspecified atom stereocenters. The molecule has 6 heteroatoms. The van der Waals surface area contributed by atoms with Gasteiger partial charge in [-0.3, -0.25) is 0 Å². The summed E-state index contributed by atoms with van der Waals surface area (Å²) in [5, 5.41) is 8.94. The van der Waals surface area contributed by atoms with E-state index in [2.05, 4.69) is 0 Å². The molecule has 1 aliphatic rings. The minimum absolute atomic E-state index is 0.0134. The van der Waals surface area contributed by atoms with Gasteiger partial charge in [-0.05, 0) is 44.9 Å². The van der Waals surface area contributed by atoms with E-state index in [1.165, 1.54) is 28.6 Å². The smallest absolute Gasteiger partial charge is 0.335 e. The Hall–Kier alpha value is -1.40. The third-order valence-electron chi connectivity index (χ3n) is 3.53. The summed E-state index contributed by atoms with van der Waals surface area (Å²) in [7, 11) is -3.62. The Morgan fingerprint density at radius 1 is 1.26 bits per heavy atom. The fourth-order valence-corrected chi connectivity index (χ4v) is 4.48. The Labute approximate surface area is 112 Å². The van der Waals surface area contributed by atoms with Crippen LogP contribution in [0.3, 0.4) is 0 Å². The minimum Gasteiger partial charge on any atom is -0.478 e. The first-order chi connectivity index (χ1) is 8.84. The molecule has 1 heterocycles. The standard InChI is InChI=1S/C13H17NO4S/c1-9-6-7-10(2)14(9)19(17,18)12-5-3-4-11(8-12)13(15)16/h3-5,8-10H,6-7H2,1-2H3,(H,15,16). The van der Waals surface area contributed by atoms with Gasteiger partial charge in [0.1, 0.15) is 0 Å². The van der Waals surface area contributed by atoms with Gasteiger partial charge >= 0.3 is 5.97 Å². The maximum atomic E-state index is 12.6. The summed E-state index contributed by atoms with van der Waals surface area (Å²) >= 11 is 0. The molecule has 0 amide bonds. The third kappa shape index (κ3) is 2.50. The third-order valence-corrected chi connectivity index (χ3v) is 5.65. The molecule has 5 nitrogen and oxygen atoms in total. The second kappa shape index (κ2) is 4.94. The zero-order valence-corrected chi connectivity index (χ0v) is 11.7. The molecule has 2 rings (SSSR count). The molecule has 19 heavy (non-hydrogen) atoms. The molecule has 0 radical (unpaired) electrons. The Bertz CT molecular complexity index is 586. The molecule has 1 saturated heterocycles. The quantitative estimate of drug-likeness (QED) is 0.920. The number of carboxylic acid groups (broad SMARTS) is 1. The Kier molecular flexibility index (Phi) is 3.64. The van der Waals surface area contributed by atoms with Crippen molar-refractivity contribution in [3.8, 4) is 0 Å². The molecule has 0 spiro atoms. The van der Waals surface area contributed by atoms with Crippen LogP contribution in [-0.4, -0.2) is 35.9 Å². The summed E-state index contributed by atoms with van der Waals surface area (Å²) in [6, 6.07) is 5.41. The van der Waals surface area contributed by atoms with E-state index in [9.17, 15) is 13.2 Å². The molecular weight excluding hydrogens is 266 g/mol. The van der Waals surface area contributed by atoms with Gasteiger partial charge in [0.05, 0.1) is 10.5 Å². The second-order valence-electron chi connectivity index (χ2n) is 4.94. The van der Waals surface area contributed by atoms with E-state index in [-0.39, 0.29) is 22.5 Å². The summed E-state index contributed by atoms with van der Waals surface area (Å²) in [6.07, 6.45) is 1.66. The van der Waals surface area contributed by atoms with Gasteiger partial charge in [-0.15, -0.1) is 0 Å². The lowest BCUT2D eigenvalue weighted by atomic mass is 10.2. The average molecular weight is 283 g/mol. The van der Waals surface area contributed by atoms with Crippen LogP contribution in [0.25, 0.3) is 0 Å². The van der Waals surface area contributed by atoms with E-state index in [4.69, 9.17) is 5.11 Å². The highest BCUT2D eigenvalue weighted by atomic mass is 32.2. The van der Waals surface area contributed by atoms with Crippen LogP contribution in [0, 0.1) is 0 Å². The maximum absolute atomic E-state index is 12.6. The fraction of sp³-hybridized carbons (Fsp3) is 0.462. The van der Waals surface area contributed by atoms with Crippen LogP contribution in [0.15, 0.2) is 29.2 Å². The molecule has 0 bridgehead atoms. The maximum Gasteiger partial charge on any atom is 0.335 e. The monoisotopic (exact) mass is 283 g/mol. The molecular formula is C13H17NO4S. The van der Waals surface area contributed by atoms with Gasteiger partial charge in [-0.1, -0.05) is 6.07 Å². The zero-order valence-electron chi connectivity index (χ0n) is 10.9. The number of aromatic carboxylic acids is 1. The molecule has 0 aromatic heterocycles. The van der Waals surface area contributed by atoms with Gasteiger partial charge < -0.3 is 5.11 Å². The lowest BCUT2D eigenvalue weighted by molar-refractivity contribution is 0.0696. The summed E-state index contributed by atoms with van der Waals surface area (Å²) in [5.41, 5.74) is -0.0134. The summed E-state index contributed by atoms with van der Waals surface area (Å²) in [6.45, 7) is 3.75. The predicted molar refractivity (Wildman–Crippen MR) is 70.6 cm³/mol. The first-order valence-corrected chi connectivity index (χ1v) is 7.65. The van der Waals surface area contributed by atoms with E-state index >= 15 is 0 Å². The minimum atomic E-state index is -3.62. The van der Waals surface area contributed by atoms with Crippen LogP contribution in [0.4, 0.5) is 0 Å². The molecule has 1 N–H and O–H groups in total. The highest BCUT2D eigenvalue weighted by Gasteiger charge is 2.37. The van der Waals surface area contributed by atoms with Crippen LogP contribution < -0.4 is 0 Å². The van der Waals surface area contributed by atoms with Crippen molar-refractivity contribution in [2.75, 3.05) is 0 Å². The van der Waals surface area contributed by atoms with Crippen LogP contribution in [-0.2, 0) is 10.0 Å². The zero-order chi connectivity index (χ0) is 14.2. The summed E-state index contributed by atoms with van der Waals surface area (Å²) < 4.78 is 26.6. The van der Waals surface area contributed by atoms with Gasteiger partial charge in [-0.2, -0.15) is 4.31 Å². The van der Waals surface area contributed by atoms with E-state index in [1.807, 2.05) is 13.8 Å². The van der Waals surface area contributed by atoms with Crippen molar-refractivity contribution in [2.45, 2.75) is 43.7 Å². The van der Waals surface area contributed by atoms with Gasteiger partial charge in [0.25, 0.3) is 0 Å². The lowest BCUT2D eigenvalue weighted by Crippen LogP contribution is -2.38. The first kappa shape index (κ1) is 14.0. The van der Waals surface area contributed by atoms with Crippen molar-refractivity contribution in [1.82, 2.24) is 4.31 Å². The highest BCUT2D eigenvalue weighted by molar-refractivity contribution is 7.89. The molecule has 2 atom stereocenters. The van der Waals surface area contributed by atoms with Crippen LogP contribution in [0.5, 0.6) is 0 Å². The number of carbonyl (C=O) groups is 1. The van der Waals surface area contributed by atoms with Crippen molar-refractivity contribution >= 4 is 16.0 Å². The molecule has 104 valence electrons. The van der Waals surface area contributed by atoms with E-state index in [0.29, 0.717) is 0 Å². The highest BCUT2D eigenvalue weighted by Crippen LogP contribution is 2.30. The van der Waals surface area contributed by atoms with Crippen molar-refractivity contribution in [2.24, 2.45) is 0 Å². The topological polar surface area (TPSA) is 74.7 Å². The van der Waals surface area contributed by atoms with Gasteiger partial charge in [0.2, 0.25) is 10.0 Å². The summed E-state index contributed by atoms with van der Waals surface area (Å²) in [4.78, 5) is 11.0. The van der Waals surface area contributed by atoms with Gasteiger partial charge in [-0.25, -0.2) is 13.2 Å². The number of benzene rings is 1. The summed E-state index contributed by atoms with van der Waals surface area (Å²) in [5.74, 6) is -1.13. The second-order valence-corrected chi connectivity index (χ2v) is 6.79. The van der Waals surface area contributed by atoms with Crippen molar-refractivity contribution < 1.29 is 18.3 Å². The van der Waals surface area contributed by atoms with Crippen LogP contribution in [0.2, 0.25) is 0 Å². The van der Waals surface area contributed by atoms with Gasteiger partial charge in [0.15, 0.2) is 0 Å². The molecule has 0 saturated carbocycles. The number of hydrogen-bond acceptors (Lipinski definition) is 3. The van der Waals surface area contributed by atoms with E-state index in [0.717, 1.165) is 12.8 Å². The van der Waals surface area contributed by atoms with E-state index in [1.54, 1.807) is 0 Å². The molecule has 1 aliphatic heterocycles. The fourth-order valence-electron chi connectivity index (χ4n) is 2.56. The van der Waals surface area contributed by atoms with Crippen LogP contribution in [0.1, 0.15) is 37.0 Å². The lowest BCUT2D eigenvalue weighted by Gasteiger charge is -2.25. The Morgan fingerprint density at radius 3 is 2.37 bits per heavy atom. The predicted octanol–water partition coefficient (Wildman–Crippen LogP) is 1.95. The Balaban J connectivity index is 2.45. The molecule has 1 fully saturated rings. The van der Waals surface area contributed by atoms with Crippen LogP contribution >= 0.6 is 0 Å². The number of hydrogen-bond donors (Lipinski definition) is 1. The number of sulfonamides is 1. The normalized spacial score (nSPS) is 24.5. The largest absolute Gasteiger partial charge is 0.478 e. The van der Waals surface area contributed by atoms with Crippen molar-refractivity contribution in [3.05, 3.63) is 29.8 Å². The molecule has 1 aromatic rings. The number of carboxylic acids is 1. The van der Waals surface area contributed by atoms with Crippen molar-refractivity contribution in [1.29, 1.82) is 0 Å². The average Bonchev–Trinajstić information content (AvgIpc) is 2.69. The first-order valence-electron chi connectivity index (χ1n) is 6.21. The molecule has 1 aromatic carbocycles. The van der Waals surface area contributed by atoms with Gasteiger partial charge in [0, 0.05) is 12.1 Å². The number of nitrogens with zero attached hydrogens (tertiary/aromatic N) is 1. The van der Waals surface area contributed by atoms with Crippen molar-refractivity contribution in [3.63, 3.8) is 0 Å². The SMILES string of the molecule is CC1CCC(C)N1S(=O)(=O)c1cccc(C(=O)O)c1. The van der Waals surface area contributed by atoms with E-state index < -0.39 is 16.0 Å². The molecule has 0 aliphatic carbocycles. The Morgan fingerprint density at radius 2 is 1.84 bits per heavy atom. The number of rotatable bonds is 3.